The first-order valence-electron chi connectivity index (χ1n) is 6.17. The Labute approximate surface area is 118 Å². The van der Waals surface area contributed by atoms with Gasteiger partial charge < -0.3 is 5.73 Å². The molecule has 0 aromatic carbocycles. The highest BCUT2D eigenvalue weighted by Crippen LogP contribution is 2.22. The zero-order valence-corrected chi connectivity index (χ0v) is 12.4. The Kier molecular flexibility index (Phi) is 4.17. The van der Waals surface area contributed by atoms with Crippen molar-refractivity contribution in [1.29, 1.82) is 0 Å². The maximum Gasteiger partial charge on any atom is 0.244 e. The number of sulfonamides is 1. The van der Waals surface area contributed by atoms with Crippen LogP contribution < -0.4 is 5.73 Å². The summed E-state index contributed by atoms with van der Waals surface area (Å²) in [6.45, 7) is 3.28. The van der Waals surface area contributed by atoms with Crippen molar-refractivity contribution in [1.82, 2.24) is 9.29 Å². The highest BCUT2D eigenvalue weighted by molar-refractivity contribution is 7.89. The lowest BCUT2D eigenvalue weighted by atomic mass is 10.0. The zero-order chi connectivity index (χ0) is 14.0. The van der Waals surface area contributed by atoms with Crippen LogP contribution in [0.1, 0.15) is 25.5 Å². The lowest BCUT2D eigenvalue weighted by molar-refractivity contribution is 0.288. The van der Waals surface area contributed by atoms with E-state index in [1.54, 1.807) is 6.07 Å². The number of aromatic nitrogens is 1. The Morgan fingerprint density at radius 1 is 1.42 bits per heavy atom. The molecule has 2 N–H and O–H groups in total. The third kappa shape index (κ3) is 3.10. The van der Waals surface area contributed by atoms with Gasteiger partial charge in [0.15, 0.2) is 0 Å². The SMILES string of the molecule is CC1CCN(S(=O)(=O)c2ccc(C(N)=S)nc2)CC1. The fourth-order valence-electron chi connectivity index (χ4n) is 2.05. The average Bonchev–Trinajstić information content (AvgIpc) is 2.39. The summed E-state index contributed by atoms with van der Waals surface area (Å²) >= 11 is 4.79. The van der Waals surface area contributed by atoms with Crippen LogP contribution in [0.4, 0.5) is 0 Å². The Bertz CT molecular complexity index is 561. The van der Waals surface area contributed by atoms with Gasteiger partial charge in [0.25, 0.3) is 0 Å². The van der Waals surface area contributed by atoms with Crippen LogP contribution in [-0.4, -0.2) is 35.8 Å². The molecule has 5 nitrogen and oxygen atoms in total. The number of hydrogen-bond acceptors (Lipinski definition) is 4. The molecule has 0 bridgehead atoms. The van der Waals surface area contributed by atoms with Gasteiger partial charge >= 0.3 is 0 Å². The quantitative estimate of drug-likeness (QED) is 0.847. The van der Waals surface area contributed by atoms with Crippen LogP contribution in [0.3, 0.4) is 0 Å². The van der Waals surface area contributed by atoms with Gasteiger partial charge in [0, 0.05) is 19.3 Å². The van der Waals surface area contributed by atoms with Crippen LogP contribution in [0.5, 0.6) is 0 Å². The first-order chi connectivity index (χ1) is 8.91. The van der Waals surface area contributed by atoms with Crippen molar-refractivity contribution >= 4 is 27.2 Å². The second-order valence-corrected chi connectivity index (χ2v) is 7.21. The van der Waals surface area contributed by atoms with E-state index < -0.39 is 10.0 Å². The molecule has 1 aliphatic heterocycles. The Balaban J connectivity index is 2.22. The Morgan fingerprint density at radius 2 is 2.05 bits per heavy atom. The average molecular weight is 299 g/mol. The van der Waals surface area contributed by atoms with E-state index in [-0.39, 0.29) is 9.88 Å². The fraction of sp³-hybridized carbons (Fsp3) is 0.500. The van der Waals surface area contributed by atoms with Gasteiger partial charge in [0.2, 0.25) is 10.0 Å². The molecule has 0 aliphatic carbocycles. The number of rotatable bonds is 3. The first-order valence-corrected chi connectivity index (χ1v) is 8.02. The van der Waals surface area contributed by atoms with Crippen LogP contribution in [-0.2, 0) is 10.0 Å². The molecule has 19 heavy (non-hydrogen) atoms. The van der Waals surface area contributed by atoms with E-state index in [2.05, 4.69) is 11.9 Å². The summed E-state index contributed by atoms with van der Waals surface area (Å²) in [5, 5.41) is 0. The van der Waals surface area contributed by atoms with E-state index in [1.807, 2.05) is 0 Å². The van der Waals surface area contributed by atoms with Crippen molar-refractivity contribution < 1.29 is 8.42 Å². The van der Waals surface area contributed by atoms with E-state index >= 15 is 0 Å². The molecule has 1 saturated heterocycles. The molecule has 1 fully saturated rings. The summed E-state index contributed by atoms with van der Waals surface area (Å²) in [6, 6.07) is 3.05. The number of pyridine rings is 1. The highest BCUT2D eigenvalue weighted by atomic mass is 32.2. The normalized spacial score (nSPS) is 18.4. The Morgan fingerprint density at radius 3 is 2.53 bits per heavy atom. The molecule has 104 valence electrons. The van der Waals surface area contributed by atoms with Crippen molar-refractivity contribution in [2.75, 3.05) is 13.1 Å². The predicted molar refractivity (Wildman–Crippen MR) is 77.3 cm³/mol. The molecule has 1 aromatic rings. The smallest absolute Gasteiger partial charge is 0.244 e. The van der Waals surface area contributed by atoms with Crippen molar-refractivity contribution in [3.05, 3.63) is 24.0 Å². The van der Waals surface area contributed by atoms with Crippen molar-refractivity contribution in [3.63, 3.8) is 0 Å². The van der Waals surface area contributed by atoms with Crippen molar-refractivity contribution in [2.45, 2.75) is 24.7 Å². The van der Waals surface area contributed by atoms with Gasteiger partial charge in [0.05, 0.1) is 5.69 Å². The largest absolute Gasteiger partial charge is 0.388 e. The van der Waals surface area contributed by atoms with E-state index in [9.17, 15) is 8.42 Å². The number of piperidine rings is 1. The molecule has 7 heteroatoms. The monoisotopic (exact) mass is 299 g/mol. The number of nitrogens with two attached hydrogens (primary N) is 1. The van der Waals surface area contributed by atoms with Gasteiger partial charge in [-0.3, -0.25) is 4.98 Å². The lowest BCUT2D eigenvalue weighted by Gasteiger charge is -2.29. The van der Waals surface area contributed by atoms with Gasteiger partial charge in [-0.15, -0.1) is 0 Å². The zero-order valence-electron chi connectivity index (χ0n) is 10.7. The maximum atomic E-state index is 12.4. The molecule has 2 heterocycles. The van der Waals surface area contributed by atoms with Gasteiger partial charge in [-0.2, -0.15) is 4.31 Å². The Hall–Kier alpha value is -1.05. The summed E-state index contributed by atoms with van der Waals surface area (Å²) in [7, 11) is -3.44. The summed E-state index contributed by atoms with van der Waals surface area (Å²) in [5.74, 6) is 0.585. The summed E-state index contributed by atoms with van der Waals surface area (Å²) in [5.41, 5.74) is 5.87. The van der Waals surface area contributed by atoms with E-state index in [0.717, 1.165) is 12.8 Å². The molecule has 1 aromatic heterocycles. The second-order valence-electron chi connectivity index (χ2n) is 4.83. The molecule has 0 amide bonds. The number of hydrogen-bond donors (Lipinski definition) is 1. The molecular formula is C12H17N3O2S2. The van der Waals surface area contributed by atoms with Crippen LogP contribution in [0.15, 0.2) is 23.2 Å². The third-order valence-electron chi connectivity index (χ3n) is 3.37. The molecular weight excluding hydrogens is 282 g/mol. The van der Waals surface area contributed by atoms with E-state index in [1.165, 1.54) is 16.6 Å². The van der Waals surface area contributed by atoms with Crippen LogP contribution >= 0.6 is 12.2 Å². The molecule has 0 radical (unpaired) electrons. The standard InChI is InChI=1S/C12H17N3O2S2/c1-9-4-6-15(7-5-9)19(16,17)10-2-3-11(12(13)18)14-8-10/h2-3,8-9H,4-7H2,1H3,(H2,13,18). The molecule has 0 unspecified atom stereocenters. The van der Waals surface area contributed by atoms with Crippen LogP contribution in [0.2, 0.25) is 0 Å². The third-order valence-corrected chi connectivity index (χ3v) is 5.46. The fourth-order valence-corrected chi connectivity index (χ4v) is 3.59. The second kappa shape index (κ2) is 5.52. The topological polar surface area (TPSA) is 76.3 Å². The van der Waals surface area contributed by atoms with Gasteiger partial charge in [0.1, 0.15) is 9.88 Å². The molecule has 0 saturated carbocycles. The maximum absolute atomic E-state index is 12.4. The van der Waals surface area contributed by atoms with Gasteiger partial charge in [-0.1, -0.05) is 19.1 Å². The number of nitrogens with zero attached hydrogens (tertiary/aromatic N) is 2. The summed E-state index contributed by atoms with van der Waals surface area (Å²) < 4.78 is 26.3. The molecule has 2 rings (SSSR count). The van der Waals surface area contributed by atoms with Crippen LogP contribution in [0, 0.1) is 5.92 Å². The predicted octanol–water partition coefficient (Wildman–Crippen LogP) is 1.14. The van der Waals surface area contributed by atoms with E-state index in [0.29, 0.717) is 24.7 Å². The van der Waals surface area contributed by atoms with Crippen molar-refractivity contribution in [3.8, 4) is 0 Å². The van der Waals surface area contributed by atoms with E-state index in [4.69, 9.17) is 18.0 Å². The molecule has 0 spiro atoms. The lowest BCUT2D eigenvalue weighted by Crippen LogP contribution is -2.37. The molecule has 1 aliphatic rings. The minimum Gasteiger partial charge on any atom is -0.388 e. The minimum atomic E-state index is -3.44. The van der Waals surface area contributed by atoms with Crippen LogP contribution in [0.25, 0.3) is 0 Å². The summed E-state index contributed by atoms with van der Waals surface area (Å²) in [4.78, 5) is 4.34. The molecule has 0 atom stereocenters. The highest BCUT2D eigenvalue weighted by Gasteiger charge is 2.28. The number of thiocarbonyl (C=S) groups is 1. The van der Waals surface area contributed by atoms with Gasteiger partial charge in [-0.25, -0.2) is 8.42 Å². The first kappa shape index (κ1) is 14.4. The van der Waals surface area contributed by atoms with Crippen molar-refractivity contribution in [2.24, 2.45) is 11.7 Å². The van der Waals surface area contributed by atoms with Gasteiger partial charge in [-0.05, 0) is 30.9 Å². The summed E-state index contributed by atoms with van der Waals surface area (Å²) in [6.07, 6.45) is 3.12. The minimum absolute atomic E-state index is 0.163.